The number of benzene rings is 1. The molecule has 1 aliphatic heterocycles. The first kappa shape index (κ1) is 8.61. The molecular weight excluding hydrogens is 195 g/mol. The molecular formula is C11H9FN2O. The van der Waals surface area contributed by atoms with E-state index in [-0.39, 0.29) is 5.82 Å². The lowest BCUT2D eigenvalue weighted by Crippen LogP contribution is -2.01. The Morgan fingerprint density at radius 2 is 2.00 bits per heavy atom. The van der Waals surface area contributed by atoms with Gasteiger partial charge in [0.2, 0.25) is 0 Å². The first-order valence-corrected chi connectivity index (χ1v) is 4.78. The number of halogens is 1. The Kier molecular flexibility index (Phi) is 1.82. The van der Waals surface area contributed by atoms with Gasteiger partial charge in [0.1, 0.15) is 11.5 Å². The van der Waals surface area contributed by atoms with Crippen molar-refractivity contribution in [1.29, 1.82) is 0 Å². The largest absolute Gasteiger partial charge is 0.356 e. The van der Waals surface area contributed by atoms with E-state index in [1.54, 1.807) is 12.1 Å². The van der Waals surface area contributed by atoms with Crippen LogP contribution in [-0.4, -0.2) is 5.16 Å². The lowest BCUT2D eigenvalue weighted by atomic mass is 10.1. The molecule has 0 radical (unpaired) electrons. The van der Waals surface area contributed by atoms with Crippen molar-refractivity contribution in [2.45, 2.75) is 13.1 Å². The topological polar surface area (TPSA) is 38.1 Å². The highest BCUT2D eigenvalue weighted by Crippen LogP contribution is 2.28. The molecule has 3 nitrogen and oxygen atoms in total. The molecule has 1 aromatic carbocycles. The van der Waals surface area contributed by atoms with Crippen LogP contribution in [0.4, 0.5) is 4.39 Å². The molecule has 0 saturated carbocycles. The second kappa shape index (κ2) is 3.17. The molecule has 2 heterocycles. The van der Waals surface area contributed by atoms with E-state index in [0.717, 1.165) is 35.7 Å². The van der Waals surface area contributed by atoms with Gasteiger partial charge < -0.3 is 9.84 Å². The third kappa shape index (κ3) is 1.34. The minimum absolute atomic E-state index is 0.243. The maximum Gasteiger partial charge on any atom is 0.171 e. The van der Waals surface area contributed by atoms with E-state index in [2.05, 4.69) is 10.5 Å². The fourth-order valence-electron chi connectivity index (χ4n) is 1.80. The molecule has 1 aromatic heterocycles. The van der Waals surface area contributed by atoms with Crippen LogP contribution in [-0.2, 0) is 13.1 Å². The van der Waals surface area contributed by atoms with Crippen LogP contribution in [0.25, 0.3) is 11.3 Å². The van der Waals surface area contributed by atoms with Crippen molar-refractivity contribution in [3.63, 3.8) is 0 Å². The van der Waals surface area contributed by atoms with E-state index in [0.29, 0.717) is 0 Å². The maximum absolute atomic E-state index is 12.7. The van der Waals surface area contributed by atoms with E-state index < -0.39 is 0 Å². The zero-order chi connectivity index (χ0) is 10.3. The molecule has 0 unspecified atom stereocenters. The van der Waals surface area contributed by atoms with Crippen molar-refractivity contribution in [3.8, 4) is 11.3 Å². The molecule has 3 rings (SSSR count). The highest BCUT2D eigenvalue weighted by molar-refractivity contribution is 5.62. The summed E-state index contributed by atoms with van der Waals surface area (Å²) in [6.07, 6.45) is 0. The first-order chi connectivity index (χ1) is 7.34. The summed E-state index contributed by atoms with van der Waals surface area (Å²) >= 11 is 0. The Morgan fingerprint density at radius 3 is 2.80 bits per heavy atom. The summed E-state index contributed by atoms with van der Waals surface area (Å²) in [7, 11) is 0. The van der Waals surface area contributed by atoms with Crippen LogP contribution >= 0.6 is 0 Å². The van der Waals surface area contributed by atoms with Gasteiger partial charge in [0.25, 0.3) is 0 Å². The van der Waals surface area contributed by atoms with Crippen LogP contribution in [0.3, 0.4) is 0 Å². The average molecular weight is 204 g/mol. The molecule has 1 N–H and O–H groups in total. The van der Waals surface area contributed by atoms with Crippen molar-refractivity contribution in [2.24, 2.45) is 0 Å². The summed E-state index contributed by atoms with van der Waals surface area (Å²) < 4.78 is 18.0. The van der Waals surface area contributed by atoms with Gasteiger partial charge in [0.15, 0.2) is 5.76 Å². The van der Waals surface area contributed by atoms with E-state index >= 15 is 0 Å². The third-order valence-corrected chi connectivity index (χ3v) is 2.57. The van der Waals surface area contributed by atoms with Gasteiger partial charge in [0.05, 0.1) is 0 Å². The predicted octanol–water partition coefficient (Wildman–Crippen LogP) is 2.08. The van der Waals surface area contributed by atoms with E-state index in [4.69, 9.17) is 4.52 Å². The number of rotatable bonds is 1. The Morgan fingerprint density at radius 1 is 1.20 bits per heavy atom. The van der Waals surface area contributed by atoms with Gasteiger partial charge >= 0.3 is 0 Å². The first-order valence-electron chi connectivity index (χ1n) is 4.78. The van der Waals surface area contributed by atoms with Crippen molar-refractivity contribution in [3.05, 3.63) is 41.3 Å². The van der Waals surface area contributed by atoms with Crippen LogP contribution in [0.15, 0.2) is 28.8 Å². The molecule has 0 spiro atoms. The summed E-state index contributed by atoms with van der Waals surface area (Å²) in [6, 6.07) is 6.25. The third-order valence-electron chi connectivity index (χ3n) is 2.57. The quantitative estimate of drug-likeness (QED) is 0.772. The average Bonchev–Trinajstić information content (AvgIpc) is 2.80. The van der Waals surface area contributed by atoms with Crippen LogP contribution in [0.2, 0.25) is 0 Å². The molecule has 76 valence electrons. The van der Waals surface area contributed by atoms with E-state index in [9.17, 15) is 4.39 Å². The van der Waals surface area contributed by atoms with Crippen molar-refractivity contribution in [1.82, 2.24) is 10.5 Å². The van der Waals surface area contributed by atoms with Crippen molar-refractivity contribution >= 4 is 0 Å². The van der Waals surface area contributed by atoms with Crippen LogP contribution in [0.5, 0.6) is 0 Å². The monoisotopic (exact) mass is 204 g/mol. The van der Waals surface area contributed by atoms with Gasteiger partial charge in [0, 0.05) is 24.2 Å². The van der Waals surface area contributed by atoms with Crippen LogP contribution < -0.4 is 5.32 Å². The lowest BCUT2D eigenvalue weighted by Gasteiger charge is -1.97. The molecule has 1 aliphatic rings. The SMILES string of the molecule is Fc1ccc(-c2onc3c2CNC3)cc1. The number of aromatic nitrogens is 1. The van der Waals surface area contributed by atoms with Crippen molar-refractivity contribution < 1.29 is 8.91 Å². The highest BCUT2D eigenvalue weighted by atomic mass is 19.1. The van der Waals surface area contributed by atoms with Gasteiger partial charge in [-0.2, -0.15) is 0 Å². The molecule has 15 heavy (non-hydrogen) atoms. The molecule has 0 bridgehead atoms. The number of fused-ring (bicyclic) bond motifs is 1. The zero-order valence-corrected chi connectivity index (χ0v) is 7.96. The number of nitrogens with one attached hydrogen (secondary N) is 1. The van der Waals surface area contributed by atoms with Gasteiger partial charge in [-0.05, 0) is 24.3 Å². The fourth-order valence-corrected chi connectivity index (χ4v) is 1.80. The smallest absolute Gasteiger partial charge is 0.171 e. The molecule has 0 aliphatic carbocycles. The van der Waals surface area contributed by atoms with Crippen LogP contribution in [0, 0.1) is 5.82 Å². The summed E-state index contributed by atoms with van der Waals surface area (Å²) in [6.45, 7) is 1.52. The Labute approximate surface area is 85.9 Å². The molecule has 0 atom stereocenters. The number of hydrogen-bond acceptors (Lipinski definition) is 3. The minimum Gasteiger partial charge on any atom is -0.356 e. The number of nitrogens with zero attached hydrogens (tertiary/aromatic N) is 1. The summed E-state index contributed by atoms with van der Waals surface area (Å²) in [5, 5.41) is 7.16. The minimum atomic E-state index is -0.243. The Bertz CT molecular complexity index is 490. The maximum atomic E-state index is 12.7. The van der Waals surface area contributed by atoms with Crippen LogP contribution in [0.1, 0.15) is 11.3 Å². The predicted molar refractivity (Wildman–Crippen MR) is 52.4 cm³/mol. The molecule has 4 heteroatoms. The molecule has 2 aromatic rings. The normalized spacial score (nSPS) is 14.2. The van der Waals surface area contributed by atoms with Gasteiger partial charge in [-0.15, -0.1) is 0 Å². The summed E-state index contributed by atoms with van der Waals surface area (Å²) in [5.41, 5.74) is 2.91. The zero-order valence-electron chi connectivity index (χ0n) is 7.96. The van der Waals surface area contributed by atoms with Gasteiger partial charge in [-0.1, -0.05) is 5.16 Å². The van der Waals surface area contributed by atoms with Gasteiger partial charge in [-0.25, -0.2) is 4.39 Å². The molecule has 0 fully saturated rings. The summed E-state index contributed by atoms with van der Waals surface area (Å²) in [4.78, 5) is 0. The highest BCUT2D eigenvalue weighted by Gasteiger charge is 2.21. The Balaban J connectivity index is 2.09. The Hall–Kier alpha value is -1.68. The molecule has 0 saturated heterocycles. The van der Waals surface area contributed by atoms with E-state index in [1.165, 1.54) is 12.1 Å². The fraction of sp³-hybridized carbons (Fsp3) is 0.182. The van der Waals surface area contributed by atoms with Crippen molar-refractivity contribution in [2.75, 3.05) is 0 Å². The standard InChI is InChI=1S/C11H9FN2O/c12-8-3-1-7(2-4-8)11-9-5-13-6-10(9)14-15-11/h1-4,13H,5-6H2. The second-order valence-corrected chi connectivity index (χ2v) is 3.55. The van der Waals surface area contributed by atoms with E-state index in [1.807, 2.05) is 0 Å². The lowest BCUT2D eigenvalue weighted by molar-refractivity contribution is 0.417. The molecule has 0 amide bonds. The summed E-state index contributed by atoms with van der Waals surface area (Å²) in [5.74, 6) is 0.503. The van der Waals surface area contributed by atoms with Gasteiger partial charge in [-0.3, -0.25) is 0 Å². The number of hydrogen-bond donors (Lipinski definition) is 1. The second-order valence-electron chi connectivity index (χ2n) is 3.55.